The Hall–Kier alpha value is -0.983. The fourth-order valence-corrected chi connectivity index (χ4v) is 4.93. The Morgan fingerprint density at radius 3 is 2.57 bits per heavy atom. The van der Waals surface area contributed by atoms with Crippen LogP contribution in [0.15, 0.2) is 29.8 Å². The molecule has 0 aromatic heterocycles. The van der Waals surface area contributed by atoms with Gasteiger partial charge >= 0.3 is 0 Å². The van der Waals surface area contributed by atoms with Crippen LogP contribution in [0.4, 0.5) is 0 Å². The Morgan fingerprint density at radius 1 is 1.13 bits per heavy atom. The summed E-state index contributed by atoms with van der Waals surface area (Å²) in [6.45, 7) is 14.8. The molecule has 0 amide bonds. The van der Waals surface area contributed by atoms with Crippen LogP contribution in [0.1, 0.15) is 42.9 Å². The number of allylic oxidation sites excluding steroid dienone is 1. The molecule has 1 saturated heterocycles. The van der Waals surface area contributed by atoms with Crippen molar-refractivity contribution in [1.82, 2.24) is 0 Å². The molecule has 0 saturated carbocycles. The number of ether oxygens (including phenoxy) is 4. The summed E-state index contributed by atoms with van der Waals surface area (Å²) in [4.78, 5) is 0. The molecule has 1 aromatic carbocycles. The maximum Gasteiger partial charge on any atom is 0.172 e. The van der Waals surface area contributed by atoms with Gasteiger partial charge in [0.1, 0.15) is 6.79 Å². The standard InChI is InChI=1S/C25H40O4Si/c1-20-6-7-22(17-24(20)18-27-19-26-14-15-30(3,4)5)16-21(2)23-8-10-25(11-9-23)28-12-13-29-25/h6-8,17,21H,9-16,18-19H2,1-5H3. The second-order valence-corrected chi connectivity index (χ2v) is 15.8. The van der Waals surface area contributed by atoms with E-state index in [1.807, 2.05) is 0 Å². The molecule has 1 atom stereocenters. The van der Waals surface area contributed by atoms with E-state index in [0.29, 0.717) is 19.3 Å². The van der Waals surface area contributed by atoms with Gasteiger partial charge in [0.2, 0.25) is 0 Å². The molecule has 168 valence electrons. The molecule has 1 fully saturated rings. The van der Waals surface area contributed by atoms with E-state index in [2.05, 4.69) is 57.8 Å². The van der Waals surface area contributed by atoms with Gasteiger partial charge in [-0.25, -0.2) is 0 Å². The predicted molar refractivity (Wildman–Crippen MR) is 124 cm³/mol. The summed E-state index contributed by atoms with van der Waals surface area (Å²) in [5.74, 6) is 0.208. The van der Waals surface area contributed by atoms with E-state index in [1.54, 1.807) is 0 Å². The van der Waals surface area contributed by atoms with Gasteiger partial charge in [0.25, 0.3) is 0 Å². The van der Waals surface area contributed by atoms with Crippen LogP contribution in [0.5, 0.6) is 0 Å². The smallest absolute Gasteiger partial charge is 0.172 e. The minimum atomic E-state index is -1.04. The highest BCUT2D eigenvalue weighted by atomic mass is 28.3. The van der Waals surface area contributed by atoms with Crippen LogP contribution in [-0.2, 0) is 32.0 Å². The Labute approximate surface area is 183 Å². The Kier molecular flexibility index (Phi) is 8.33. The largest absolute Gasteiger partial charge is 0.356 e. The summed E-state index contributed by atoms with van der Waals surface area (Å²) in [6, 6.07) is 7.96. The van der Waals surface area contributed by atoms with Crippen LogP contribution in [-0.4, -0.2) is 40.5 Å². The number of aryl methyl sites for hydroxylation is 1. The van der Waals surface area contributed by atoms with Crippen molar-refractivity contribution in [1.29, 1.82) is 0 Å². The van der Waals surface area contributed by atoms with E-state index in [-0.39, 0.29) is 5.79 Å². The predicted octanol–water partition coefficient (Wildman–Crippen LogP) is 5.86. The van der Waals surface area contributed by atoms with Crippen LogP contribution in [0.3, 0.4) is 0 Å². The van der Waals surface area contributed by atoms with Gasteiger partial charge < -0.3 is 18.9 Å². The zero-order valence-corrected chi connectivity index (χ0v) is 20.6. The molecule has 30 heavy (non-hydrogen) atoms. The van der Waals surface area contributed by atoms with E-state index in [1.165, 1.54) is 28.3 Å². The van der Waals surface area contributed by atoms with Crippen LogP contribution < -0.4 is 0 Å². The van der Waals surface area contributed by atoms with Crippen molar-refractivity contribution in [2.45, 2.75) is 77.6 Å². The molecular formula is C25H40O4Si. The van der Waals surface area contributed by atoms with Crippen molar-refractivity contribution in [2.75, 3.05) is 26.6 Å². The first-order valence-corrected chi connectivity index (χ1v) is 15.2. The lowest BCUT2D eigenvalue weighted by Crippen LogP contribution is -2.32. The van der Waals surface area contributed by atoms with Crippen LogP contribution >= 0.6 is 0 Å². The highest BCUT2D eigenvalue weighted by Gasteiger charge is 2.38. The SMILES string of the molecule is Cc1ccc(CC(C)C2=CCC3(CC2)OCCO3)cc1COCOCC[Si](C)(C)C. The fraction of sp³-hybridized carbons (Fsp3) is 0.680. The second-order valence-electron chi connectivity index (χ2n) is 10.1. The minimum absolute atomic E-state index is 0.325. The number of hydrogen-bond acceptors (Lipinski definition) is 4. The summed E-state index contributed by atoms with van der Waals surface area (Å²) in [5.41, 5.74) is 5.45. The summed E-state index contributed by atoms with van der Waals surface area (Å²) in [5, 5.41) is 0. The van der Waals surface area contributed by atoms with Crippen LogP contribution in [0.25, 0.3) is 0 Å². The maximum atomic E-state index is 5.85. The van der Waals surface area contributed by atoms with Gasteiger partial charge in [-0.2, -0.15) is 0 Å². The third kappa shape index (κ3) is 7.03. The fourth-order valence-electron chi connectivity index (χ4n) is 4.17. The average Bonchev–Trinajstić information content (AvgIpc) is 3.14. The van der Waals surface area contributed by atoms with E-state index >= 15 is 0 Å². The van der Waals surface area contributed by atoms with Gasteiger partial charge in [0.05, 0.1) is 19.8 Å². The maximum absolute atomic E-state index is 5.85. The summed E-state index contributed by atoms with van der Waals surface area (Å²) < 4.78 is 23.2. The topological polar surface area (TPSA) is 36.9 Å². The third-order valence-electron chi connectivity index (χ3n) is 6.29. The van der Waals surface area contributed by atoms with Crippen molar-refractivity contribution in [2.24, 2.45) is 5.92 Å². The summed E-state index contributed by atoms with van der Waals surface area (Å²) >= 11 is 0. The number of rotatable bonds is 10. The molecule has 5 heteroatoms. The van der Waals surface area contributed by atoms with Gasteiger partial charge in [-0.3, -0.25) is 0 Å². The Balaban J connectivity index is 1.47. The normalized spacial score (nSPS) is 19.8. The quantitative estimate of drug-likeness (QED) is 0.201. The molecule has 1 spiro atoms. The van der Waals surface area contributed by atoms with Crippen LogP contribution in [0.2, 0.25) is 25.7 Å². The molecule has 1 aliphatic carbocycles. The molecule has 2 aliphatic rings. The van der Waals surface area contributed by atoms with E-state index in [0.717, 1.165) is 45.5 Å². The van der Waals surface area contributed by atoms with Crippen molar-refractivity contribution >= 4 is 8.07 Å². The summed E-state index contributed by atoms with van der Waals surface area (Å²) in [7, 11) is -1.04. The van der Waals surface area contributed by atoms with Crippen LogP contribution in [0, 0.1) is 12.8 Å². The van der Waals surface area contributed by atoms with Gasteiger partial charge in [0, 0.05) is 27.5 Å². The monoisotopic (exact) mass is 432 g/mol. The molecule has 0 N–H and O–H groups in total. The molecule has 4 nitrogen and oxygen atoms in total. The van der Waals surface area contributed by atoms with Gasteiger partial charge in [-0.1, -0.05) is 56.4 Å². The zero-order chi connectivity index (χ0) is 21.6. The highest BCUT2D eigenvalue weighted by molar-refractivity contribution is 6.76. The first-order valence-electron chi connectivity index (χ1n) is 11.5. The van der Waals surface area contributed by atoms with Crippen molar-refractivity contribution in [3.8, 4) is 0 Å². The van der Waals surface area contributed by atoms with Crippen molar-refractivity contribution < 1.29 is 18.9 Å². The molecule has 1 heterocycles. The lowest BCUT2D eigenvalue weighted by molar-refractivity contribution is -0.161. The van der Waals surface area contributed by atoms with Crippen molar-refractivity contribution in [3.63, 3.8) is 0 Å². The third-order valence-corrected chi connectivity index (χ3v) is 8.00. The average molecular weight is 433 g/mol. The molecule has 3 rings (SSSR count). The van der Waals surface area contributed by atoms with E-state index in [9.17, 15) is 0 Å². The Morgan fingerprint density at radius 2 is 1.90 bits per heavy atom. The van der Waals surface area contributed by atoms with E-state index in [4.69, 9.17) is 18.9 Å². The molecular weight excluding hydrogens is 392 g/mol. The Bertz CT molecular complexity index is 716. The zero-order valence-electron chi connectivity index (χ0n) is 19.6. The molecule has 0 bridgehead atoms. The highest BCUT2D eigenvalue weighted by Crippen LogP contribution is 2.37. The number of hydrogen-bond donors (Lipinski definition) is 0. The summed E-state index contributed by atoms with van der Waals surface area (Å²) in [6.07, 6.45) is 6.35. The second kappa shape index (κ2) is 10.6. The number of benzene rings is 1. The molecule has 1 aliphatic heterocycles. The molecule has 0 radical (unpaired) electrons. The van der Waals surface area contributed by atoms with Crippen molar-refractivity contribution in [3.05, 3.63) is 46.5 Å². The van der Waals surface area contributed by atoms with Gasteiger partial charge in [0.15, 0.2) is 5.79 Å². The first kappa shape index (κ1) is 23.7. The van der Waals surface area contributed by atoms with Gasteiger partial charge in [-0.15, -0.1) is 0 Å². The first-order chi connectivity index (χ1) is 14.3. The lowest BCUT2D eigenvalue weighted by Gasteiger charge is -2.32. The van der Waals surface area contributed by atoms with E-state index < -0.39 is 8.07 Å². The molecule has 1 unspecified atom stereocenters. The molecule has 1 aromatic rings. The lowest BCUT2D eigenvalue weighted by atomic mass is 9.84. The minimum Gasteiger partial charge on any atom is -0.356 e. The van der Waals surface area contributed by atoms with Gasteiger partial charge in [-0.05, 0) is 48.4 Å².